The first-order valence-corrected chi connectivity index (χ1v) is 5.23. The van der Waals surface area contributed by atoms with Crippen molar-refractivity contribution in [3.63, 3.8) is 0 Å². The lowest BCUT2D eigenvalue weighted by Gasteiger charge is -2.39. The van der Waals surface area contributed by atoms with Crippen LogP contribution in [0.15, 0.2) is 0 Å². The first-order valence-electron chi connectivity index (χ1n) is 5.23. The first-order chi connectivity index (χ1) is 5.85. The molecule has 1 aliphatic heterocycles. The van der Waals surface area contributed by atoms with E-state index in [0.717, 1.165) is 6.04 Å². The molecule has 2 fully saturated rings. The summed E-state index contributed by atoms with van der Waals surface area (Å²) in [5.74, 6) is 0. The van der Waals surface area contributed by atoms with E-state index in [4.69, 9.17) is 0 Å². The van der Waals surface area contributed by atoms with E-state index < -0.39 is 0 Å². The normalized spacial score (nSPS) is 30.8. The summed E-state index contributed by atoms with van der Waals surface area (Å²) in [5.41, 5.74) is 0.716. The van der Waals surface area contributed by atoms with E-state index in [0.29, 0.717) is 5.41 Å². The van der Waals surface area contributed by atoms with Gasteiger partial charge in [-0.2, -0.15) is 0 Å². The minimum Gasteiger partial charge on any atom is -0.317 e. The van der Waals surface area contributed by atoms with Crippen LogP contribution < -0.4 is 10.6 Å². The lowest BCUT2D eigenvalue weighted by atomic mass is 9.80. The fourth-order valence-electron chi connectivity index (χ4n) is 2.25. The van der Waals surface area contributed by atoms with Crippen molar-refractivity contribution in [3.8, 4) is 0 Å². The molecule has 2 nitrogen and oxygen atoms in total. The van der Waals surface area contributed by atoms with E-state index in [1.807, 2.05) is 13.8 Å². The molecule has 1 heterocycles. The van der Waals surface area contributed by atoms with Crippen LogP contribution >= 0.6 is 0 Å². The zero-order chi connectivity index (χ0) is 9.03. The van der Waals surface area contributed by atoms with Gasteiger partial charge in [-0.05, 0) is 31.7 Å². The first kappa shape index (κ1) is 10.0. The maximum Gasteiger partial charge on any atom is 0.00705 e. The predicted molar refractivity (Wildman–Crippen MR) is 53.3 cm³/mol. The molecule has 2 aliphatic rings. The van der Waals surface area contributed by atoms with Gasteiger partial charge in [0.2, 0.25) is 0 Å². The van der Waals surface area contributed by atoms with Gasteiger partial charge in [-0.1, -0.05) is 13.8 Å². The summed E-state index contributed by atoms with van der Waals surface area (Å²) in [6, 6.07) is 0.807. The van der Waals surface area contributed by atoms with Gasteiger partial charge in [0.1, 0.15) is 0 Å². The van der Waals surface area contributed by atoms with E-state index in [-0.39, 0.29) is 0 Å². The highest BCUT2D eigenvalue weighted by Crippen LogP contribution is 2.40. The Kier molecular flexibility index (Phi) is 3.53. The van der Waals surface area contributed by atoms with E-state index in [1.54, 1.807) is 0 Å². The largest absolute Gasteiger partial charge is 0.317 e. The van der Waals surface area contributed by atoms with Crippen molar-refractivity contribution in [2.24, 2.45) is 5.41 Å². The average Bonchev–Trinajstić information content (AvgIpc) is 2.51. The van der Waals surface area contributed by atoms with Gasteiger partial charge in [-0.25, -0.2) is 0 Å². The molecule has 2 rings (SSSR count). The Labute approximate surface area is 76.1 Å². The Morgan fingerprint density at radius 1 is 1.33 bits per heavy atom. The Bertz CT molecular complexity index is 130. The topological polar surface area (TPSA) is 24.1 Å². The average molecular weight is 170 g/mol. The molecule has 2 N–H and O–H groups in total. The second-order valence-electron chi connectivity index (χ2n) is 3.83. The number of nitrogens with one attached hydrogen (secondary N) is 2. The van der Waals surface area contributed by atoms with Crippen LogP contribution in [0.25, 0.3) is 0 Å². The summed E-state index contributed by atoms with van der Waals surface area (Å²) < 4.78 is 0. The minimum atomic E-state index is 0.716. The van der Waals surface area contributed by atoms with Gasteiger partial charge in [-0.15, -0.1) is 0 Å². The van der Waals surface area contributed by atoms with Crippen LogP contribution in [0.2, 0.25) is 0 Å². The van der Waals surface area contributed by atoms with Crippen LogP contribution in [0.3, 0.4) is 0 Å². The quantitative estimate of drug-likeness (QED) is 0.621. The van der Waals surface area contributed by atoms with E-state index in [2.05, 4.69) is 17.7 Å². The van der Waals surface area contributed by atoms with Crippen LogP contribution in [-0.4, -0.2) is 26.2 Å². The third-order valence-electron chi connectivity index (χ3n) is 3.11. The van der Waals surface area contributed by atoms with Crippen molar-refractivity contribution in [2.75, 3.05) is 20.1 Å². The summed E-state index contributed by atoms with van der Waals surface area (Å²) in [6.45, 7) is 6.54. The maximum absolute atomic E-state index is 3.36. The van der Waals surface area contributed by atoms with Crippen LogP contribution in [-0.2, 0) is 0 Å². The fourth-order valence-corrected chi connectivity index (χ4v) is 2.25. The maximum atomic E-state index is 3.36. The molecule has 12 heavy (non-hydrogen) atoms. The van der Waals surface area contributed by atoms with Crippen molar-refractivity contribution >= 4 is 0 Å². The van der Waals surface area contributed by atoms with Gasteiger partial charge in [-0.3, -0.25) is 0 Å². The summed E-state index contributed by atoms with van der Waals surface area (Å²) in [6.07, 6.45) is 4.22. The molecule has 2 heteroatoms. The zero-order valence-electron chi connectivity index (χ0n) is 8.61. The van der Waals surface area contributed by atoms with Crippen LogP contribution in [0.5, 0.6) is 0 Å². The summed E-state index contributed by atoms with van der Waals surface area (Å²) in [5, 5.41) is 6.72. The van der Waals surface area contributed by atoms with E-state index in [1.165, 1.54) is 32.4 Å². The molecular formula is C10H22N2. The molecule has 0 amide bonds. The molecule has 0 aromatic rings. The standard InChI is InChI=1S/C8H16N2.C2H6/c1-9-7-2-3-8(4-7)5-10-6-8;1-2/h7,9-10H,2-6H2,1H3;1-2H3. The highest BCUT2D eigenvalue weighted by molar-refractivity contribution is 5.00. The van der Waals surface area contributed by atoms with Gasteiger partial charge in [0, 0.05) is 19.1 Å². The Hall–Kier alpha value is -0.0800. The van der Waals surface area contributed by atoms with Gasteiger partial charge in [0.15, 0.2) is 0 Å². The summed E-state index contributed by atoms with van der Waals surface area (Å²) in [7, 11) is 2.08. The molecule has 1 aliphatic carbocycles. The second kappa shape index (κ2) is 4.24. The Balaban J connectivity index is 0.000000336. The van der Waals surface area contributed by atoms with Gasteiger partial charge >= 0.3 is 0 Å². The zero-order valence-corrected chi connectivity index (χ0v) is 8.61. The number of hydrogen-bond acceptors (Lipinski definition) is 2. The lowest BCUT2D eigenvalue weighted by Crippen LogP contribution is -2.52. The molecule has 0 aromatic carbocycles. The third-order valence-corrected chi connectivity index (χ3v) is 3.11. The molecule has 72 valence electrons. The predicted octanol–water partition coefficient (Wildman–Crippen LogP) is 1.37. The van der Waals surface area contributed by atoms with Crippen molar-refractivity contribution < 1.29 is 0 Å². The van der Waals surface area contributed by atoms with Crippen molar-refractivity contribution in [1.29, 1.82) is 0 Å². The van der Waals surface area contributed by atoms with Gasteiger partial charge < -0.3 is 10.6 Å². The molecule has 1 spiro atoms. The van der Waals surface area contributed by atoms with Crippen molar-refractivity contribution in [3.05, 3.63) is 0 Å². The SMILES string of the molecule is CC.CNC1CCC2(CNC2)C1. The van der Waals surface area contributed by atoms with Crippen molar-refractivity contribution in [1.82, 2.24) is 10.6 Å². The molecule has 0 bridgehead atoms. The molecule has 1 atom stereocenters. The monoisotopic (exact) mass is 170 g/mol. The lowest BCUT2D eigenvalue weighted by molar-refractivity contribution is 0.173. The minimum absolute atomic E-state index is 0.716. The molecule has 1 saturated heterocycles. The van der Waals surface area contributed by atoms with Gasteiger partial charge in [0.05, 0.1) is 0 Å². The van der Waals surface area contributed by atoms with Gasteiger partial charge in [0.25, 0.3) is 0 Å². The highest BCUT2D eigenvalue weighted by Gasteiger charge is 2.42. The van der Waals surface area contributed by atoms with E-state index >= 15 is 0 Å². The molecular weight excluding hydrogens is 148 g/mol. The summed E-state index contributed by atoms with van der Waals surface area (Å²) in [4.78, 5) is 0. The molecule has 1 saturated carbocycles. The molecule has 0 aromatic heterocycles. The third kappa shape index (κ3) is 1.80. The smallest absolute Gasteiger partial charge is 0.00705 e. The fraction of sp³-hybridized carbons (Fsp3) is 1.00. The van der Waals surface area contributed by atoms with Crippen LogP contribution in [0, 0.1) is 5.41 Å². The number of hydrogen-bond donors (Lipinski definition) is 2. The second-order valence-corrected chi connectivity index (χ2v) is 3.83. The Morgan fingerprint density at radius 3 is 2.25 bits per heavy atom. The van der Waals surface area contributed by atoms with Crippen molar-refractivity contribution in [2.45, 2.75) is 39.2 Å². The van der Waals surface area contributed by atoms with E-state index in [9.17, 15) is 0 Å². The molecule has 0 radical (unpaired) electrons. The summed E-state index contributed by atoms with van der Waals surface area (Å²) >= 11 is 0. The Morgan fingerprint density at radius 2 is 2.00 bits per heavy atom. The van der Waals surface area contributed by atoms with Crippen LogP contribution in [0.1, 0.15) is 33.1 Å². The molecule has 1 unspecified atom stereocenters. The van der Waals surface area contributed by atoms with Crippen LogP contribution in [0.4, 0.5) is 0 Å². The highest BCUT2D eigenvalue weighted by atomic mass is 15.0. The number of rotatable bonds is 1.